The van der Waals surface area contributed by atoms with E-state index in [1.165, 1.54) is 72.3 Å². The Morgan fingerprint density at radius 1 is 0.210 bits per heavy atom. The van der Waals surface area contributed by atoms with E-state index in [9.17, 15) is 0 Å². The third-order valence-corrected chi connectivity index (χ3v) is 25.6. The maximum Gasteiger partial charge on any atom is 0.0409 e. The van der Waals surface area contributed by atoms with Crippen LogP contribution in [0.1, 0.15) is 427 Å². The van der Waals surface area contributed by atoms with E-state index in [0.717, 1.165) is 192 Å². The van der Waals surface area contributed by atoms with Gasteiger partial charge in [-0.3, -0.25) is 0 Å². The van der Waals surface area contributed by atoms with Crippen LogP contribution < -0.4 is 80.3 Å². The van der Waals surface area contributed by atoms with E-state index in [1.54, 1.807) is 0 Å². The van der Waals surface area contributed by atoms with Crippen molar-refractivity contribution >= 4 is 0 Å². The lowest BCUT2D eigenvalue weighted by Crippen LogP contribution is -2.39. The van der Waals surface area contributed by atoms with Crippen LogP contribution in [-0.4, -0.2) is 0 Å². The Balaban J connectivity index is 0.000000698. The number of nitrogens with two attached hydrogens (primary N) is 14. The normalized spacial score (nSPS) is 13.0. The van der Waals surface area contributed by atoms with Crippen molar-refractivity contribution in [3.05, 3.63) is 248 Å². The topological polar surface area (TPSA) is 364 Å². The maximum absolute atomic E-state index is 6.76. The van der Waals surface area contributed by atoms with Gasteiger partial charge in [0.1, 0.15) is 0 Å². The first-order chi connectivity index (χ1) is 56.5. The summed E-state index contributed by atoms with van der Waals surface area (Å²) < 4.78 is 0. The molecule has 0 aliphatic carbocycles. The second-order valence-electron chi connectivity index (χ2n) is 34.4. The molecular formula is C105H182N14. The van der Waals surface area contributed by atoms with E-state index in [1.807, 2.05) is 18.2 Å². The van der Waals surface area contributed by atoms with Crippen molar-refractivity contribution in [2.75, 3.05) is 0 Å². The monoisotopic (exact) mass is 1640 g/mol. The molecule has 0 radical (unpaired) electrons. The SMILES string of the molecule is CCC(N)(CC)c1cccc(C(N)(CC)CC)c1.CCC(N)(CC)c1cccc(CN)c1.CCC(N)c1cccc(C(N)(CC)CC)c1.CCC(N)c1cccc(C(N)CC)c1.CCCC(N)(CCC)c1cccc(C(N)(CCC)CCC)c1.CCCC(N)(CCC)c1cccc(CN)c1.CCCC(N)c1cccc(C(N)(CCC)CCC)c1. The summed E-state index contributed by atoms with van der Waals surface area (Å²) in [6, 6.07) is 59.9. The van der Waals surface area contributed by atoms with Crippen LogP contribution in [0, 0.1) is 0 Å². The molecule has 4 atom stereocenters. The molecule has 14 nitrogen and oxygen atoms in total. The van der Waals surface area contributed by atoms with Crippen molar-refractivity contribution in [1.82, 2.24) is 0 Å². The van der Waals surface area contributed by atoms with Gasteiger partial charge >= 0.3 is 0 Å². The molecule has 0 aliphatic heterocycles. The lowest BCUT2D eigenvalue weighted by molar-refractivity contribution is 0.357. The fourth-order valence-electron chi connectivity index (χ4n) is 16.5. The van der Waals surface area contributed by atoms with Gasteiger partial charge in [0.15, 0.2) is 0 Å². The van der Waals surface area contributed by atoms with Gasteiger partial charge in [-0.1, -0.05) is 366 Å². The Hall–Kier alpha value is -6.02. The Kier molecular flexibility index (Phi) is 53.6. The second-order valence-corrected chi connectivity index (χ2v) is 34.4. The third kappa shape index (κ3) is 34.9. The number of hydrogen-bond acceptors (Lipinski definition) is 14. The number of rotatable bonds is 43. The third-order valence-electron chi connectivity index (χ3n) is 25.6. The molecule has 0 saturated carbocycles. The maximum atomic E-state index is 6.76. The summed E-state index contributed by atoms with van der Waals surface area (Å²) in [6.07, 6.45) is 29.8. The predicted molar refractivity (Wildman–Crippen MR) is 523 cm³/mol. The summed E-state index contributed by atoms with van der Waals surface area (Å²) >= 11 is 0. The van der Waals surface area contributed by atoms with Crippen LogP contribution >= 0.6 is 0 Å². The highest BCUT2D eigenvalue weighted by Crippen LogP contribution is 2.38. The highest BCUT2D eigenvalue weighted by Gasteiger charge is 2.33. The molecule has 0 aliphatic rings. The largest absolute Gasteiger partial charge is 0.326 e. The van der Waals surface area contributed by atoms with Gasteiger partial charge in [0, 0.05) is 81.6 Å². The van der Waals surface area contributed by atoms with Crippen molar-refractivity contribution in [2.45, 2.75) is 406 Å². The molecular weight excluding hydrogens is 1460 g/mol. The van der Waals surface area contributed by atoms with Gasteiger partial charge in [-0.2, -0.15) is 0 Å². The van der Waals surface area contributed by atoms with Crippen molar-refractivity contribution < 1.29 is 0 Å². The molecule has 0 fully saturated rings. The zero-order chi connectivity index (χ0) is 90.1. The predicted octanol–water partition coefficient (Wildman–Crippen LogP) is 23.7. The van der Waals surface area contributed by atoms with Crippen molar-refractivity contribution in [1.29, 1.82) is 0 Å². The van der Waals surface area contributed by atoms with Crippen LogP contribution in [0.4, 0.5) is 0 Å². The van der Waals surface area contributed by atoms with Crippen LogP contribution in [0.25, 0.3) is 0 Å². The Labute approximate surface area is 730 Å². The summed E-state index contributed by atoms with van der Waals surface area (Å²) in [4.78, 5) is 0. The standard InChI is InChI=1S/C20H36N2.C17H30N2.C16H28N2.2C14H24N2.2C12H20N2/c1-5-12-19(21,13-6-2)17-10-9-11-18(16-17)20(22,14-7-3)15-8-4;1-4-8-16(18)14-9-7-10-15(13-14)17(19,11-5-2)12-6-3;1-5-15(17,6-2)13-10-9-11-14(12-13)16(18,7-3)8-4;1-4-13(15)11-8-7-9-12(10-11)14(16,5-2)6-3;1-3-8-14(16,9-4-2)13-7-5-6-12(10-13)11-15;1-3-12(14,4-2)11-7-5-6-10(8-11)9-13;1-3-11(13)9-6-5-7-10(8-9)12(14)4-2/h9-11,16H,5-8,12-15,21-22H2,1-4H3;7,9-10,13,16H,4-6,8,11-12,18-19H2,1-3H3;9-12H,5-8,17-18H2,1-4H3;7-10,13H,4-6,15-16H2,1-3H3;5-7,10H,3-4,8-9,11,15-16H2,1-2H3;5-8H,3-4,9,13-14H2,1-2H3;5-8,11-12H,3-4,13-14H2,1-2H3. The minimum Gasteiger partial charge on any atom is -0.326 e. The van der Waals surface area contributed by atoms with E-state index in [2.05, 4.69) is 290 Å². The highest BCUT2D eigenvalue weighted by atomic mass is 14.8. The van der Waals surface area contributed by atoms with E-state index in [-0.39, 0.29) is 68.5 Å². The van der Waals surface area contributed by atoms with Crippen molar-refractivity contribution in [3.8, 4) is 0 Å². The molecule has 14 heteroatoms. The quantitative estimate of drug-likeness (QED) is 0.0169. The zero-order valence-corrected chi connectivity index (χ0v) is 79.5. The van der Waals surface area contributed by atoms with Crippen LogP contribution in [0.2, 0.25) is 0 Å². The average molecular weight is 1640 g/mol. The number of hydrogen-bond donors (Lipinski definition) is 14. The first kappa shape index (κ1) is 111. The summed E-state index contributed by atoms with van der Waals surface area (Å²) in [5, 5.41) is 0. The lowest BCUT2D eigenvalue weighted by Gasteiger charge is -2.34. The summed E-state index contributed by atoms with van der Waals surface area (Å²) in [5.74, 6) is 0. The van der Waals surface area contributed by atoms with Crippen LogP contribution in [-0.2, 0) is 57.4 Å². The summed E-state index contributed by atoms with van der Waals surface area (Å²) in [5.41, 5.74) is 103. The molecule has 0 bridgehead atoms. The fraction of sp³-hybridized carbons (Fsp3) is 0.600. The zero-order valence-electron chi connectivity index (χ0n) is 79.5. The van der Waals surface area contributed by atoms with Gasteiger partial charge in [-0.15, -0.1) is 0 Å². The molecule has 7 aromatic carbocycles. The van der Waals surface area contributed by atoms with Gasteiger partial charge in [-0.25, -0.2) is 0 Å². The minimum atomic E-state index is -0.224. The van der Waals surface area contributed by atoms with E-state index >= 15 is 0 Å². The van der Waals surface area contributed by atoms with E-state index < -0.39 is 0 Å². The first-order valence-corrected chi connectivity index (χ1v) is 47.0. The Morgan fingerprint density at radius 2 is 0.395 bits per heavy atom. The molecule has 7 rings (SSSR count). The smallest absolute Gasteiger partial charge is 0.0409 e. The molecule has 4 unspecified atom stereocenters. The Bertz CT molecular complexity index is 3650. The molecule has 0 saturated heterocycles. The van der Waals surface area contributed by atoms with Crippen molar-refractivity contribution in [3.63, 3.8) is 0 Å². The molecule has 0 amide bonds. The average Bonchev–Trinajstić information content (AvgIpc) is 0.803. The first-order valence-electron chi connectivity index (χ1n) is 47.0. The fourth-order valence-corrected chi connectivity index (χ4v) is 16.5. The molecule has 672 valence electrons. The van der Waals surface area contributed by atoms with E-state index in [0.29, 0.717) is 13.1 Å². The summed E-state index contributed by atoms with van der Waals surface area (Å²) in [6.45, 7) is 44.3. The molecule has 7 aromatic rings. The molecule has 28 N–H and O–H groups in total. The van der Waals surface area contributed by atoms with E-state index in [4.69, 9.17) is 80.3 Å². The summed E-state index contributed by atoms with van der Waals surface area (Å²) in [7, 11) is 0. The highest BCUT2D eigenvalue weighted by molar-refractivity contribution is 5.38. The van der Waals surface area contributed by atoms with Crippen LogP contribution in [0.3, 0.4) is 0 Å². The molecule has 119 heavy (non-hydrogen) atoms. The van der Waals surface area contributed by atoms with Gasteiger partial charge in [0.25, 0.3) is 0 Å². The number of benzene rings is 7. The van der Waals surface area contributed by atoms with Gasteiger partial charge < -0.3 is 80.3 Å². The van der Waals surface area contributed by atoms with Gasteiger partial charge in [0.2, 0.25) is 0 Å². The molecule has 0 aromatic heterocycles. The van der Waals surface area contributed by atoms with Crippen LogP contribution in [0.15, 0.2) is 170 Å². The Morgan fingerprint density at radius 3 is 0.622 bits per heavy atom. The molecule has 0 spiro atoms. The van der Waals surface area contributed by atoms with Gasteiger partial charge in [0.05, 0.1) is 0 Å². The minimum absolute atomic E-state index is 0.123. The molecule has 0 heterocycles. The van der Waals surface area contributed by atoms with Crippen molar-refractivity contribution in [2.24, 2.45) is 80.3 Å². The van der Waals surface area contributed by atoms with Gasteiger partial charge in [-0.05, 0) is 206 Å². The second kappa shape index (κ2) is 57.4. The van der Waals surface area contributed by atoms with Crippen LogP contribution in [0.5, 0.6) is 0 Å². The lowest BCUT2D eigenvalue weighted by atomic mass is 9.78.